The zero-order valence-corrected chi connectivity index (χ0v) is 15.6. The lowest BCUT2D eigenvalue weighted by molar-refractivity contribution is -0.126. The standard InChI is InChI=1S/C20H20ClN3O2/c1-19(2,3)12-5-4-6-15-17(12)23-18(26)20(24-15)10-16(25)22-14-8-7-11(21)9-13(14)20/h4-9,24H,10H2,1-3H3,(H,22,25)(H,23,26). The van der Waals surface area contributed by atoms with E-state index in [0.717, 1.165) is 16.9 Å². The van der Waals surface area contributed by atoms with Crippen LogP contribution in [0.4, 0.5) is 17.1 Å². The highest BCUT2D eigenvalue weighted by Gasteiger charge is 2.49. The van der Waals surface area contributed by atoms with Gasteiger partial charge in [0.2, 0.25) is 5.91 Å². The molecule has 6 heteroatoms. The van der Waals surface area contributed by atoms with E-state index in [1.165, 1.54) is 0 Å². The minimum absolute atomic E-state index is 0.00532. The smallest absolute Gasteiger partial charge is 0.255 e. The Morgan fingerprint density at radius 1 is 1.04 bits per heavy atom. The van der Waals surface area contributed by atoms with Crippen LogP contribution in [-0.4, -0.2) is 11.8 Å². The van der Waals surface area contributed by atoms with Crippen molar-refractivity contribution in [2.75, 3.05) is 16.0 Å². The van der Waals surface area contributed by atoms with Crippen LogP contribution >= 0.6 is 11.6 Å². The molecule has 0 aromatic heterocycles. The van der Waals surface area contributed by atoms with Crippen molar-refractivity contribution in [2.24, 2.45) is 0 Å². The first kappa shape index (κ1) is 16.9. The number of carbonyl (C=O) groups excluding carboxylic acids is 2. The molecular formula is C20H20ClN3O2. The highest BCUT2D eigenvalue weighted by molar-refractivity contribution is 6.31. The lowest BCUT2D eigenvalue weighted by Gasteiger charge is -2.43. The molecule has 0 saturated heterocycles. The number of halogens is 1. The van der Waals surface area contributed by atoms with Crippen molar-refractivity contribution in [3.05, 3.63) is 52.5 Å². The molecule has 0 aliphatic carbocycles. The number of rotatable bonds is 0. The first-order valence-corrected chi connectivity index (χ1v) is 8.91. The van der Waals surface area contributed by atoms with Crippen molar-refractivity contribution >= 4 is 40.5 Å². The first-order chi connectivity index (χ1) is 12.2. The van der Waals surface area contributed by atoms with Crippen LogP contribution in [0.25, 0.3) is 0 Å². The lowest BCUT2D eigenvalue weighted by Crippen LogP contribution is -2.54. The fourth-order valence-corrected chi connectivity index (χ4v) is 3.92. The molecule has 0 radical (unpaired) electrons. The second-order valence-electron chi connectivity index (χ2n) is 7.88. The van der Waals surface area contributed by atoms with Gasteiger partial charge < -0.3 is 16.0 Å². The predicted octanol–water partition coefficient (Wildman–Crippen LogP) is 4.24. The summed E-state index contributed by atoms with van der Waals surface area (Å²) in [7, 11) is 0. The highest BCUT2D eigenvalue weighted by Crippen LogP contribution is 2.47. The molecule has 2 aliphatic heterocycles. The minimum atomic E-state index is -1.17. The monoisotopic (exact) mass is 369 g/mol. The van der Waals surface area contributed by atoms with Gasteiger partial charge in [-0.3, -0.25) is 9.59 Å². The number of fused-ring (bicyclic) bond motifs is 3. The van der Waals surface area contributed by atoms with Crippen molar-refractivity contribution in [1.29, 1.82) is 0 Å². The molecule has 1 atom stereocenters. The second kappa shape index (κ2) is 5.48. The topological polar surface area (TPSA) is 70.2 Å². The first-order valence-electron chi connectivity index (χ1n) is 8.54. The Labute approximate surface area is 157 Å². The van der Waals surface area contributed by atoms with Crippen molar-refractivity contribution in [3.8, 4) is 0 Å². The van der Waals surface area contributed by atoms with E-state index >= 15 is 0 Å². The number of nitrogens with one attached hydrogen (secondary N) is 3. The van der Waals surface area contributed by atoms with Gasteiger partial charge in [-0.2, -0.15) is 0 Å². The van der Waals surface area contributed by atoms with Crippen molar-refractivity contribution in [3.63, 3.8) is 0 Å². The Hall–Kier alpha value is -2.53. The maximum Gasteiger partial charge on any atom is 0.255 e. The summed E-state index contributed by atoms with van der Waals surface area (Å²) in [5.41, 5.74) is 2.58. The summed E-state index contributed by atoms with van der Waals surface area (Å²) >= 11 is 6.18. The van der Waals surface area contributed by atoms with Gasteiger partial charge in [0.15, 0.2) is 5.54 Å². The van der Waals surface area contributed by atoms with Gasteiger partial charge in [0.05, 0.1) is 17.8 Å². The van der Waals surface area contributed by atoms with Gasteiger partial charge in [0.25, 0.3) is 5.91 Å². The van der Waals surface area contributed by atoms with Gasteiger partial charge in [0.1, 0.15) is 0 Å². The number of para-hydroxylation sites is 1. The number of anilines is 3. The van der Waals surface area contributed by atoms with Crippen LogP contribution in [0.3, 0.4) is 0 Å². The van der Waals surface area contributed by atoms with Crippen LogP contribution in [-0.2, 0) is 20.5 Å². The van der Waals surface area contributed by atoms with Crippen LogP contribution in [0.5, 0.6) is 0 Å². The second-order valence-corrected chi connectivity index (χ2v) is 8.31. The molecule has 134 valence electrons. The number of carbonyl (C=O) groups is 2. The molecule has 2 heterocycles. The SMILES string of the molecule is CC(C)(C)c1cccc2c1NC(=O)C1(CC(=O)Nc3ccc(Cl)cc31)N2. The third-order valence-electron chi connectivity index (χ3n) is 4.99. The van der Waals surface area contributed by atoms with Crippen LogP contribution in [0, 0.1) is 0 Å². The molecule has 5 nitrogen and oxygen atoms in total. The summed E-state index contributed by atoms with van der Waals surface area (Å²) in [6, 6.07) is 11.1. The van der Waals surface area contributed by atoms with E-state index in [4.69, 9.17) is 11.6 Å². The number of benzene rings is 2. The molecule has 0 bridgehead atoms. The van der Waals surface area contributed by atoms with E-state index in [1.807, 2.05) is 18.2 Å². The molecular weight excluding hydrogens is 350 g/mol. The lowest BCUT2D eigenvalue weighted by atomic mass is 9.78. The minimum Gasteiger partial charge on any atom is -0.365 e. The van der Waals surface area contributed by atoms with Crippen LogP contribution < -0.4 is 16.0 Å². The third kappa shape index (κ3) is 2.46. The van der Waals surface area contributed by atoms with E-state index in [9.17, 15) is 9.59 Å². The Morgan fingerprint density at radius 3 is 2.54 bits per heavy atom. The Bertz CT molecular complexity index is 949. The summed E-state index contributed by atoms with van der Waals surface area (Å²) in [6.07, 6.45) is 0.00532. The Kier molecular flexibility index (Phi) is 3.57. The van der Waals surface area contributed by atoms with Gasteiger partial charge in [-0.05, 0) is 35.2 Å². The molecule has 2 aliphatic rings. The van der Waals surface area contributed by atoms with Crippen molar-refractivity contribution in [1.82, 2.24) is 0 Å². The number of amides is 2. The number of hydrogen-bond donors (Lipinski definition) is 3. The fraction of sp³-hybridized carbons (Fsp3) is 0.300. The van der Waals surface area contributed by atoms with Gasteiger partial charge in [-0.15, -0.1) is 0 Å². The van der Waals surface area contributed by atoms with Gasteiger partial charge in [0, 0.05) is 16.3 Å². The molecule has 2 amide bonds. The van der Waals surface area contributed by atoms with Crippen molar-refractivity contribution < 1.29 is 9.59 Å². The average Bonchev–Trinajstić information content (AvgIpc) is 2.55. The van der Waals surface area contributed by atoms with E-state index in [-0.39, 0.29) is 23.7 Å². The van der Waals surface area contributed by atoms with Crippen LogP contribution in [0.15, 0.2) is 36.4 Å². The fourth-order valence-electron chi connectivity index (χ4n) is 3.75. The Morgan fingerprint density at radius 2 is 1.81 bits per heavy atom. The van der Waals surface area contributed by atoms with Gasteiger partial charge in [-0.25, -0.2) is 0 Å². The quantitative estimate of drug-likeness (QED) is 0.650. The van der Waals surface area contributed by atoms with Crippen LogP contribution in [0.2, 0.25) is 5.02 Å². The van der Waals surface area contributed by atoms with Crippen LogP contribution in [0.1, 0.15) is 38.3 Å². The Balaban J connectivity index is 1.91. The van der Waals surface area contributed by atoms with E-state index in [0.29, 0.717) is 16.3 Å². The summed E-state index contributed by atoms with van der Waals surface area (Å²) in [4.78, 5) is 25.5. The predicted molar refractivity (Wildman–Crippen MR) is 104 cm³/mol. The highest BCUT2D eigenvalue weighted by atomic mass is 35.5. The molecule has 0 fully saturated rings. The zero-order valence-electron chi connectivity index (χ0n) is 14.9. The average molecular weight is 370 g/mol. The van der Waals surface area contributed by atoms with Gasteiger partial charge >= 0.3 is 0 Å². The van der Waals surface area contributed by atoms with E-state index in [2.05, 4.69) is 36.7 Å². The summed E-state index contributed by atoms with van der Waals surface area (Å²) in [6.45, 7) is 6.30. The molecule has 0 saturated carbocycles. The zero-order chi connectivity index (χ0) is 18.7. The van der Waals surface area contributed by atoms with Gasteiger partial charge in [-0.1, -0.05) is 44.5 Å². The molecule has 4 rings (SSSR count). The van der Waals surface area contributed by atoms with Crippen molar-refractivity contribution in [2.45, 2.75) is 38.1 Å². The molecule has 26 heavy (non-hydrogen) atoms. The largest absolute Gasteiger partial charge is 0.365 e. The maximum absolute atomic E-state index is 13.2. The molecule has 2 aromatic carbocycles. The maximum atomic E-state index is 13.2. The van der Waals surface area contributed by atoms with E-state index < -0.39 is 5.54 Å². The summed E-state index contributed by atoms with van der Waals surface area (Å²) in [5.74, 6) is -0.460. The third-order valence-corrected chi connectivity index (χ3v) is 5.22. The summed E-state index contributed by atoms with van der Waals surface area (Å²) < 4.78 is 0. The molecule has 1 spiro atoms. The molecule has 3 N–H and O–H groups in total. The molecule has 1 unspecified atom stereocenters. The summed E-state index contributed by atoms with van der Waals surface area (Å²) in [5, 5.41) is 9.75. The molecule has 2 aromatic rings. The van der Waals surface area contributed by atoms with E-state index in [1.54, 1.807) is 18.2 Å². The number of hydrogen-bond acceptors (Lipinski definition) is 3. The normalized spacial score (nSPS) is 21.4.